The van der Waals surface area contributed by atoms with E-state index in [0.29, 0.717) is 5.92 Å². The fraction of sp³-hybridized carbons (Fsp3) is 0.471. The monoisotopic (exact) mass is 543 g/mol. The molecule has 0 N–H and O–H groups in total. The molecule has 0 amide bonds. The van der Waals surface area contributed by atoms with Gasteiger partial charge in [0.05, 0.1) is 19.3 Å². The van der Waals surface area contributed by atoms with Crippen molar-refractivity contribution in [2.75, 3.05) is 13.7 Å². The Balaban J connectivity index is 1.78. The summed E-state index contributed by atoms with van der Waals surface area (Å²) in [6.07, 6.45) is 6.52. The normalized spacial score (nSPS) is 16.1. The Hall–Kier alpha value is -3.38. The van der Waals surface area contributed by atoms with Gasteiger partial charge in [0.25, 0.3) is 5.56 Å². The van der Waals surface area contributed by atoms with Crippen molar-refractivity contribution < 1.29 is 19.0 Å². The maximum absolute atomic E-state index is 13.3. The zero-order valence-electron chi connectivity index (χ0n) is 24.6. The molecule has 1 aliphatic carbocycles. The van der Waals surface area contributed by atoms with Crippen LogP contribution >= 0.6 is 0 Å². The van der Waals surface area contributed by atoms with Gasteiger partial charge in [0.2, 0.25) is 0 Å². The number of carbonyl (C=O) groups is 1. The van der Waals surface area contributed by atoms with Gasteiger partial charge in [0.1, 0.15) is 5.75 Å². The minimum Gasteiger partial charge on any atom is -0.493 e. The van der Waals surface area contributed by atoms with Crippen LogP contribution in [0.4, 0.5) is 0 Å². The Kier molecular flexibility index (Phi) is 7.92. The number of methoxy groups -OCH3 is 1. The first-order valence-corrected chi connectivity index (χ1v) is 14.4. The largest absolute Gasteiger partial charge is 0.493 e. The van der Waals surface area contributed by atoms with E-state index in [0.717, 1.165) is 83.5 Å². The summed E-state index contributed by atoms with van der Waals surface area (Å²) in [6, 6.07) is 11.8. The van der Waals surface area contributed by atoms with E-state index in [1.807, 2.05) is 56.7 Å². The van der Waals surface area contributed by atoms with Crippen molar-refractivity contribution in [2.24, 2.45) is 5.92 Å². The molecule has 5 rings (SSSR count). The van der Waals surface area contributed by atoms with Gasteiger partial charge < -0.3 is 18.8 Å². The average molecular weight is 544 g/mol. The number of benzene rings is 2. The predicted octanol–water partition coefficient (Wildman–Crippen LogP) is 6.95. The lowest BCUT2D eigenvalue weighted by molar-refractivity contribution is -0.164. The smallest absolute Gasteiger partial charge is 0.339 e. The highest BCUT2D eigenvalue weighted by molar-refractivity contribution is 5.92. The van der Waals surface area contributed by atoms with Gasteiger partial charge in [-0.3, -0.25) is 4.79 Å². The third kappa shape index (κ3) is 5.60. The Morgan fingerprint density at radius 3 is 2.48 bits per heavy atom. The van der Waals surface area contributed by atoms with E-state index in [1.165, 1.54) is 19.1 Å². The first kappa shape index (κ1) is 28.2. The van der Waals surface area contributed by atoms with Crippen LogP contribution in [0.3, 0.4) is 0 Å². The quantitative estimate of drug-likeness (QED) is 0.302. The standard InChI is InChI=1S/C34H41NO5/c1-21-12-14-27(24-13-17-29(36)35(20-24)19-23-9-7-10-23)31(30(21)32(33(37)38-6)40-34(3,4)5)26-15-16-28-25(22(26)2)11-8-18-39-28/h12-17,20,23,32H,7-11,18-19H2,1-6H3. The number of ether oxygens (including phenoxy) is 3. The number of hydrogen-bond donors (Lipinski definition) is 0. The van der Waals surface area contributed by atoms with E-state index in [4.69, 9.17) is 14.2 Å². The number of carbonyl (C=O) groups excluding carboxylic acids is 1. The van der Waals surface area contributed by atoms with Crippen LogP contribution in [0.25, 0.3) is 22.3 Å². The minimum absolute atomic E-state index is 0.00940. The van der Waals surface area contributed by atoms with Crippen molar-refractivity contribution in [3.05, 3.63) is 75.2 Å². The zero-order valence-corrected chi connectivity index (χ0v) is 24.6. The van der Waals surface area contributed by atoms with Crippen molar-refractivity contribution in [2.45, 2.75) is 85.0 Å². The SMILES string of the molecule is COC(=O)C(OC(C)(C)C)c1c(C)ccc(-c2ccc(=O)n(CC3CCC3)c2)c1-c1ccc2c(c1C)CCCO2. The molecule has 0 bridgehead atoms. The highest BCUT2D eigenvalue weighted by Gasteiger charge is 2.33. The number of rotatable bonds is 7. The molecule has 0 radical (unpaired) electrons. The molecule has 1 aromatic heterocycles. The van der Waals surface area contributed by atoms with Crippen LogP contribution < -0.4 is 10.3 Å². The molecular weight excluding hydrogens is 502 g/mol. The number of aromatic nitrogens is 1. The van der Waals surface area contributed by atoms with Gasteiger partial charge in [0.15, 0.2) is 6.10 Å². The van der Waals surface area contributed by atoms with Gasteiger partial charge in [-0.25, -0.2) is 4.79 Å². The molecule has 2 heterocycles. The number of pyridine rings is 1. The molecule has 1 aliphatic heterocycles. The highest BCUT2D eigenvalue weighted by atomic mass is 16.6. The van der Waals surface area contributed by atoms with Crippen molar-refractivity contribution in [1.82, 2.24) is 4.57 Å². The number of nitrogens with zero attached hydrogens (tertiary/aromatic N) is 1. The first-order valence-electron chi connectivity index (χ1n) is 14.4. The molecule has 1 saturated carbocycles. The Bertz CT molecular complexity index is 1470. The summed E-state index contributed by atoms with van der Waals surface area (Å²) in [5, 5.41) is 0. The van der Waals surface area contributed by atoms with E-state index >= 15 is 0 Å². The number of esters is 1. The molecule has 40 heavy (non-hydrogen) atoms. The lowest BCUT2D eigenvalue weighted by Gasteiger charge is -2.31. The summed E-state index contributed by atoms with van der Waals surface area (Å²) in [7, 11) is 1.40. The molecular formula is C34H41NO5. The van der Waals surface area contributed by atoms with E-state index in [-0.39, 0.29) is 5.56 Å². The number of aryl methyl sites for hydroxylation is 1. The maximum atomic E-state index is 13.3. The van der Waals surface area contributed by atoms with Crippen molar-refractivity contribution in [1.29, 1.82) is 0 Å². The van der Waals surface area contributed by atoms with Crippen LogP contribution in [-0.4, -0.2) is 29.9 Å². The van der Waals surface area contributed by atoms with Crippen LogP contribution in [0, 0.1) is 19.8 Å². The first-order chi connectivity index (χ1) is 19.1. The second-order valence-corrected chi connectivity index (χ2v) is 12.2. The summed E-state index contributed by atoms with van der Waals surface area (Å²) in [5.41, 5.74) is 7.32. The molecule has 1 atom stereocenters. The van der Waals surface area contributed by atoms with Gasteiger partial charge in [-0.15, -0.1) is 0 Å². The van der Waals surface area contributed by atoms with Gasteiger partial charge >= 0.3 is 5.97 Å². The molecule has 1 unspecified atom stereocenters. The molecule has 2 aliphatic rings. The molecule has 1 fully saturated rings. The fourth-order valence-electron chi connectivity index (χ4n) is 5.94. The van der Waals surface area contributed by atoms with E-state index in [9.17, 15) is 9.59 Å². The summed E-state index contributed by atoms with van der Waals surface area (Å²) in [4.78, 5) is 26.2. The molecule has 2 aromatic carbocycles. The molecule has 212 valence electrons. The maximum Gasteiger partial charge on any atom is 0.339 e. The number of fused-ring (bicyclic) bond motifs is 1. The Labute approximate surface area is 237 Å². The molecule has 6 nitrogen and oxygen atoms in total. The predicted molar refractivity (Wildman–Crippen MR) is 158 cm³/mol. The summed E-state index contributed by atoms with van der Waals surface area (Å²) in [5.74, 6) is 1.03. The van der Waals surface area contributed by atoms with Crippen LogP contribution in [-0.2, 0) is 27.2 Å². The van der Waals surface area contributed by atoms with Gasteiger partial charge in [-0.05, 0) is 117 Å². The third-order valence-electron chi connectivity index (χ3n) is 8.24. The molecule has 6 heteroatoms. The second kappa shape index (κ2) is 11.2. The van der Waals surface area contributed by atoms with Crippen molar-refractivity contribution in [3.63, 3.8) is 0 Å². The van der Waals surface area contributed by atoms with Crippen LogP contribution in [0.1, 0.15) is 74.8 Å². The summed E-state index contributed by atoms with van der Waals surface area (Å²) < 4.78 is 19.5. The fourth-order valence-corrected chi connectivity index (χ4v) is 5.94. The van der Waals surface area contributed by atoms with Crippen LogP contribution in [0.15, 0.2) is 47.4 Å². The topological polar surface area (TPSA) is 66.8 Å². The lowest BCUT2D eigenvalue weighted by atomic mass is 9.82. The van der Waals surface area contributed by atoms with E-state index in [1.54, 1.807) is 6.07 Å². The molecule has 0 saturated heterocycles. The van der Waals surface area contributed by atoms with Gasteiger partial charge in [0, 0.05) is 24.4 Å². The molecule has 3 aromatic rings. The highest BCUT2D eigenvalue weighted by Crippen LogP contribution is 2.45. The summed E-state index contributed by atoms with van der Waals surface area (Å²) >= 11 is 0. The molecule has 0 spiro atoms. The van der Waals surface area contributed by atoms with Crippen molar-refractivity contribution in [3.8, 4) is 28.0 Å². The van der Waals surface area contributed by atoms with Gasteiger partial charge in [-0.2, -0.15) is 0 Å². The average Bonchev–Trinajstić information content (AvgIpc) is 2.90. The number of hydrogen-bond acceptors (Lipinski definition) is 5. The Morgan fingerprint density at radius 2 is 1.80 bits per heavy atom. The second-order valence-electron chi connectivity index (χ2n) is 12.2. The van der Waals surface area contributed by atoms with Crippen LogP contribution in [0.2, 0.25) is 0 Å². The minimum atomic E-state index is -0.924. The Morgan fingerprint density at radius 1 is 1.05 bits per heavy atom. The van der Waals surface area contributed by atoms with E-state index in [2.05, 4.69) is 19.1 Å². The summed E-state index contributed by atoms with van der Waals surface area (Å²) in [6.45, 7) is 11.4. The van der Waals surface area contributed by atoms with E-state index < -0.39 is 17.7 Å². The zero-order chi connectivity index (χ0) is 28.6. The van der Waals surface area contributed by atoms with Crippen molar-refractivity contribution >= 4 is 5.97 Å². The van der Waals surface area contributed by atoms with Crippen LogP contribution in [0.5, 0.6) is 5.75 Å². The third-order valence-corrected chi connectivity index (χ3v) is 8.24. The lowest BCUT2D eigenvalue weighted by Crippen LogP contribution is -2.29. The van der Waals surface area contributed by atoms with Gasteiger partial charge in [-0.1, -0.05) is 24.6 Å².